The Morgan fingerprint density at radius 3 is 2.62 bits per heavy atom. The molecule has 1 heterocycles. The summed E-state index contributed by atoms with van der Waals surface area (Å²) in [6.07, 6.45) is 9.73. The third-order valence-electron chi connectivity index (χ3n) is 7.47. The van der Waals surface area contributed by atoms with Crippen molar-refractivity contribution in [2.45, 2.75) is 66.3 Å². The Balaban J connectivity index is 1.67. The summed E-state index contributed by atoms with van der Waals surface area (Å²) in [5.41, 5.74) is 4.52. The molecule has 2 nitrogen and oxygen atoms in total. The van der Waals surface area contributed by atoms with Crippen LogP contribution in [0.3, 0.4) is 0 Å². The van der Waals surface area contributed by atoms with Crippen molar-refractivity contribution in [3.63, 3.8) is 0 Å². The minimum Gasteiger partial charge on any atom is -0.327 e. The lowest BCUT2D eigenvalue weighted by molar-refractivity contribution is 0.0368. The van der Waals surface area contributed by atoms with Crippen LogP contribution in [0.25, 0.3) is 11.0 Å². The molecule has 0 aliphatic heterocycles. The molecule has 4 atom stereocenters. The lowest BCUT2D eigenvalue weighted by Crippen LogP contribution is -2.45. The number of hydrogen-bond donors (Lipinski definition) is 0. The standard InChI is InChI=1S/C24H34N2/c1-16(2)20-11-10-18-14-19(12-13-24(18,5)23(20)17(3)4)26-15-25-21-8-6-7-9-22(21)26/h6-10,15-17,19-20,23H,11-14H2,1-5H3/t19-,20?,23?,24+/m1/s1. The number of rotatable bonds is 3. The first-order valence-electron chi connectivity index (χ1n) is 10.5. The molecule has 0 radical (unpaired) electrons. The topological polar surface area (TPSA) is 17.8 Å². The van der Waals surface area contributed by atoms with Gasteiger partial charge in [0.1, 0.15) is 0 Å². The third-order valence-corrected chi connectivity index (χ3v) is 7.47. The molecule has 26 heavy (non-hydrogen) atoms. The fourth-order valence-electron chi connectivity index (χ4n) is 6.23. The lowest BCUT2D eigenvalue weighted by atomic mass is 9.52. The molecule has 0 saturated heterocycles. The molecule has 1 saturated carbocycles. The molecule has 2 unspecified atom stereocenters. The highest BCUT2D eigenvalue weighted by atomic mass is 15.1. The second-order valence-electron chi connectivity index (χ2n) is 9.60. The average molecular weight is 351 g/mol. The Kier molecular flexibility index (Phi) is 4.49. The average Bonchev–Trinajstić information content (AvgIpc) is 3.03. The van der Waals surface area contributed by atoms with E-state index in [1.807, 2.05) is 0 Å². The lowest BCUT2D eigenvalue weighted by Gasteiger charge is -2.53. The van der Waals surface area contributed by atoms with Gasteiger partial charge in [0.2, 0.25) is 0 Å². The quantitative estimate of drug-likeness (QED) is 0.567. The second kappa shape index (κ2) is 6.55. The fraction of sp³-hybridized carbons (Fsp3) is 0.625. The van der Waals surface area contributed by atoms with E-state index in [0.717, 1.165) is 29.2 Å². The Morgan fingerprint density at radius 2 is 1.88 bits per heavy atom. The van der Waals surface area contributed by atoms with E-state index >= 15 is 0 Å². The summed E-state index contributed by atoms with van der Waals surface area (Å²) in [5, 5.41) is 0. The second-order valence-corrected chi connectivity index (χ2v) is 9.60. The van der Waals surface area contributed by atoms with Crippen LogP contribution < -0.4 is 0 Å². The first-order chi connectivity index (χ1) is 12.4. The number of aromatic nitrogens is 2. The molecule has 4 rings (SSSR count). The van der Waals surface area contributed by atoms with Crippen molar-refractivity contribution >= 4 is 11.0 Å². The van der Waals surface area contributed by atoms with Gasteiger partial charge < -0.3 is 4.57 Å². The molecule has 0 N–H and O–H groups in total. The molecule has 1 aromatic heterocycles. The predicted octanol–water partition coefficient (Wildman–Crippen LogP) is 6.64. The number of fused-ring (bicyclic) bond motifs is 2. The number of allylic oxidation sites excluding steroid dienone is 2. The molecule has 2 heteroatoms. The van der Waals surface area contributed by atoms with E-state index in [1.54, 1.807) is 5.57 Å². The van der Waals surface area contributed by atoms with Crippen molar-refractivity contribution in [1.29, 1.82) is 0 Å². The van der Waals surface area contributed by atoms with Gasteiger partial charge in [0.05, 0.1) is 17.4 Å². The molecule has 2 aliphatic rings. The maximum atomic E-state index is 4.64. The van der Waals surface area contributed by atoms with Gasteiger partial charge in [-0.3, -0.25) is 0 Å². The summed E-state index contributed by atoms with van der Waals surface area (Å²) in [5.74, 6) is 3.16. The minimum absolute atomic E-state index is 0.383. The van der Waals surface area contributed by atoms with Crippen LogP contribution in [-0.4, -0.2) is 9.55 Å². The van der Waals surface area contributed by atoms with E-state index in [0.29, 0.717) is 11.5 Å². The fourth-order valence-corrected chi connectivity index (χ4v) is 6.23. The van der Waals surface area contributed by atoms with Gasteiger partial charge in [-0.15, -0.1) is 0 Å². The SMILES string of the molecule is CC(C)C1CC=C2C[C@H](n3cnc4ccccc43)CC[C@]2(C)C1C(C)C. The normalized spacial score (nSPS) is 32.1. The summed E-state index contributed by atoms with van der Waals surface area (Å²) >= 11 is 0. The van der Waals surface area contributed by atoms with E-state index < -0.39 is 0 Å². The van der Waals surface area contributed by atoms with Gasteiger partial charge in [0.15, 0.2) is 0 Å². The molecule has 2 aliphatic carbocycles. The zero-order valence-electron chi connectivity index (χ0n) is 17.1. The van der Waals surface area contributed by atoms with Crippen LogP contribution in [0.5, 0.6) is 0 Å². The maximum absolute atomic E-state index is 4.64. The molecule has 2 aromatic rings. The van der Waals surface area contributed by atoms with E-state index in [9.17, 15) is 0 Å². The minimum atomic E-state index is 0.383. The zero-order chi connectivity index (χ0) is 18.5. The van der Waals surface area contributed by atoms with Gasteiger partial charge in [-0.25, -0.2) is 4.98 Å². The highest BCUT2D eigenvalue weighted by molar-refractivity contribution is 5.75. The van der Waals surface area contributed by atoms with Gasteiger partial charge in [0, 0.05) is 6.04 Å². The van der Waals surface area contributed by atoms with Crippen molar-refractivity contribution in [3.8, 4) is 0 Å². The van der Waals surface area contributed by atoms with E-state index in [4.69, 9.17) is 0 Å². The summed E-state index contributed by atoms with van der Waals surface area (Å²) in [4.78, 5) is 4.64. The predicted molar refractivity (Wildman–Crippen MR) is 110 cm³/mol. The summed E-state index contributed by atoms with van der Waals surface area (Å²) < 4.78 is 2.44. The Morgan fingerprint density at radius 1 is 1.12 bits per heavy atom. The Bertz CT molecular complexity index is 812. The molecule has 0 spiro atoms. The van der Waals surface area contributed by atoms with Crippen LogP contribution in [0.2, 0.25) is 0 Å². The number of hydrogen-bond acceptors (Lipinski definition) is 1. The largest absolute Gasteiger partial charge is 0.327 e. The van der Waals surface area contributed by atoms with Gasteiger partial charge in [-0.1, -0.05) is 58.4 Å². The highest BCUT2D eigenvalue weighted by Gasteiger charge is 2.48. The van der Waals surface area contributed by atoms with Gasteiger partial charge in [-0.05, 0) is 66.9 Å². The van der Waals surface area contributed by atoms with Crippen molar-refractivity contribution < 1.29 is 0 Å². The first kappa shape index (κ1) is 17.8. The van der Waals surface area contributed by atoms with Crippen molar-refractivity contribution in [2.75, 3.05) is 0 Å². The number of imidazole rings is 1. The van der Waals surface area contributed by atoms with Crippen molar-refractivity contribution in [1.82, 2.24) is 9.55 Å². The summed E-state index contributed by atoms with van der Waals surface area (Å²) in [7, 11) is 0. The molecule has 0 bridgehead atoms. The first-order valence-corrected chi connectivity index (χ1v) is 10.5. The van der Waals surface area contributed by atoms with Crippen LogP contribution in [0.1, 0.15) is 66.3 Å². The molecule has 1 aromatic carbocycles. The molecular formula is C24H34N2. The molecule has 0 amide bonds. The summed E-state index contributed by atoms with van der Waals surface area (Å²) in [6, 6.07) is 9.12. The molecular weight excluding hydrogens is 316 g/mol. The summed E-state index contributed by atoms with van der Waals surface area (Å²) in [6.45, 7) is 12.3. The Hall–Kier alpha value is -1.57. The van der Waals surface area contributed by atoms with Gasteiger partial charge >= 0.3 is 0 Å². The van der Waals surface area contributed by atoms with Crippen LogP contribution >= 0.6 is 0 Å². The van der Waals surface area contributed by atoms with Crippen LogP contribution in [0.15, 0.2) is 42.2 Å². The van der Waals surface area contributed by atoms with Crippen LogP contribution in [0, 0.1) is 29.1 Å². The van der Waals surface area contributed by atoms with Gasteiger partial charge in [0.25, 0.3) is 0 Å². The molecule has 140 valence electrons. The van der Waals surface area contributed by atoms with Gasteiger partial charge in [-0.2, -0.15) is 0 Å². The van der Waals surface area contributed by atoms with Crippen molar-refractivity contribution in [2.24, 2.45) is 29.1 Å². The van der Waals surface area contributed by atoms with Crippen molar-refractivity contribution in [3.05, 3.63) is 42.2 Å². The van der Waals surface area contributed by atoms with E-state index in [-0.39, 0.29) is 0 Å². The monoisotopic (exact) mass is 350 g/mol. The Labute approximate surface area is 158 Å². The molecule has 1 fully saturated rings. The third kappa shape index (κ3) is 2.73. The number of para-hydroxylation sites is 2. The number of nitrogens with zero attached hydrogens (tertiary/aromatic N) is 2. The zero-order valence-corrected chi connectivity index (χ0v) is 17.1. The van der Waals surface area contributed by atoms with Crippen LogP contribution in [0.4, 0.5) is 0 Å². The maximum Gasteiger partial charge on any atom is 0.0961 e. The van der Waals surface area contributed by atoms with E-state index in [2.05, 4.69) is 80.8 Å². The smallest absolute Gasteiger partial charge is 0.0961 e. The highest BCUT2D eigenvalue weighted by Crippen LogP contribution is 2.58. The van der Waals surface area contributed by atoms with Crippen LogP contribution in [-0.2, 0) is 0 Å². The van der Waals surface area contributed by atoms with E-state index in [1.165, 1.54) is 31.2 Å². The number of benzene rings is 1.